The first-order chi connectivity index (χ1) is 9.47. The Kier molecular flexibility index (Phi) is 4.24. The molecule has 0 aliphatic carbocycles. The third-order valence-corrected chi connectivity index (χ3v) is 2.75. The lowest BCUT2D eigenvalue weighted by atomic mass is 10.1. The Morgan fingerprint density at radius 3 is 2.20 bits per heavy atom. The van der Waals surface area contributed by atoms with Gasteiger partial charge in [-0.1, -0.05) is 0 Å². The fourth-order valence-electron chi connectivity index (χ4n) is 1.63. The number of benzene rings is 1. The number of hydrogen-bond acceptors (Lipinski definition) is 3. The molecule has 1 atom stereocenters. The first-order valence-electron chi connectivity index (χ1n) is 5.92. The summed E-state index contributed by atoms with van der Waals surface area (Å²) < 4.78 is 42.5. The molecule has 0 aliphatic rings. The van der Waals surface area contributed by atoms with Gasteiger partial charge in [0.25, 0.3) is 0 Å². The largest absolute Gasteiger partial charge is 0.492 e. The van der Waals surface area contributed by atoms with Gasteiger partial charge in [0, 0.05) is 12.4 Å². The first kappa shape index (κ1) is 14.3. The standard InChI is InChI=1S/C14H13F3N2O/c15-14(16,17)11-1-3-12(4-2-11)20-9-13(18)10-5-7-19-8-6-10/h1-8,13H,9,18H2. The molecule has 2 N–H and O–H groups in total. The molecule has 0 saturated heterocycles. The Labute approximate surface area is 114 Å². The predicted octanol–water partition coefficient (Wildman–Crippen LogP) is 3.18. The fourth-order valence-corrected chi connectivity index (χ4v) is 1.63. The van der Waals surface area contributed by atoms with E-state index < -0.39 is 11.7 Å². The molecule has 1 heterocycles. The van der Waals surface area contributed by atoms with Crippen LogP contribution in [0.15, 0.2) is 48.8 Å². The van der Waals surface area contributed by atoms with Gasteiger partial charge < -0.3 is 10.5 Å². The molecule has 2 aromatic rings. The van der Waals surface area contributed by atoms with E-state index in [1.807, 2.05) is 0 Å². The van der Waals surface area contributed by atoms with Crippen molar-refractivity contribution in [2.24, 2.45) is 5.73 Å². The van der Waals surface area contributed by atoms with E-state index in [4.69, 9.17) is 10.5 Å². The van der Waals surface area contributed by atoms with Crippen LogP contribution in [0.25, 0.3) is 0 Å². The van der Waals surface area contributed by atoms with Crippen molar-refractivity contribution in [2.75, 3.05) is 6.61 Å². The van der Waals surface area contributed by atoms with Crippen LogP contribution >= 0.6 is 0 Å². The van der Waals surface area contributed by atoms with Crippen LogP contribution in [0.4, 0.5) is 13.2 Å². The average molecular weight is 282 g/mol. The second kappa shape index (κ2) is 5.92. The van der Waals surface area contributed by atoms with Crippen molar-refractivity contribution >= 4 is 0 Å². The summed E-state index contributed by atoms with van der Waals surface area (Å²) in [6.45, 7) is 0.176. The molecule has 6 heteroatoms. The number of aromatic nitrogens is 1. The summed E-state index contributed by atoms with van der Waals surface area (Å²) in [6, 6.07) is 7.69. The normalized spacial score (nSPS) is 13.0. The number of hydrogen-bond donors (Lipinski definition) is 1. The van der Waals surface area contributed by atoms with E-state index in [1.54, 1.807) is 24.5 Å². The van der Waals surface area contributed by atoms with E-state index in [0.29, 0.717) is 5.75 Å². The summed E-state index contributed by atoms with van der Waals surface area (Å²) in [7, 11) is 0. The third kappa shape index (κ3) is 3.71. The molecule has 0 spiro atoms. The van der Waals surface area contributed by atoms with Gasteiger partial charge in [-0.15, -0.1) is 0 Å². The van der Waals surface area contributed by atoms with E-state index in [1.165, 1.54) is 12.1 Å². The van der Waals surface area contributed by atoms with Crippen molar-refractivity contribution in [3.63, 3.8) is 0 Å². The zero-order valence-corrected chi connectivity index (χ0v) is 10.5. The summed E-state index contributed by atoms with van der Waals surface area (Å²) in [5.74, 6) is 0.350. The first-order valence-corrected chi connectivity index (χ1v) is 5.92. The highest BCUT2D eigenvalue weighted by Gasteiger charge is 2.30. The Hall–Kier alpha value is -2.08. The lowest BCUT2D eigenvalue weighted by molar-refractivity contribution is -0.137. The topological polar surface area (TPSA) is 48.1 Å². The maximum atomic E-state index is 12.4. The molecule has 0 amide bonds. The summed E-state index contributed by atoms with van der Waals surface area (Å²) in [6.07, 6.45) is -1.10. The van der Waals surface area contributed by atoms with Gasteiger partial charge in [-0.3, -0.25) is 4.98 Å². The van der Waals surface area contributed by atoms with Gasteiger partial charge in [-0.05, 0) is 42.0 Å². The summed E-state index contributed by atoms with van der Waals surface area (Å²) in [4.78, 5) is 3.88. The minimum absolute atomic E-state index is 0.176. The van der Waals surface area contributed by atoms with Crippen molar-refractivity contribution in [1.29, 1.82) is 0 Å². The lowest BCUT2D eigenvalue weighted by Crippen LogP contribution is -2.19. The van der Waals surface area contributed by atoms with Crippen LogP contribution in [0, 0.1) is 0 Å². The summed E-state index contributed by atoms with van der Waals surface area (Å²) in [5.41, 5.74) is 6.06. The van der Waals surface area contributed by atoms with Crippen molar-refractivity contribution in [2.45, 2.75) is 12.2 Å². The molecule has 3 nitrogen and oxygen atoms in total. The molecular weight excluding hydrogens is 269 g/mol. The quantitative estimate of drug-likeness (QED) is 0.937. The molecule has 106 valence electrons. The molecule has 20 heavy (non-hydrogen) atoms. The zero-order valence-electron chi connectivity index (χ0n) is 10.5. The number of nitrogens with two attached hydrogens (primary N) is 1. The van der Waals surface area contributed by atoms with E-state index >= 15 is 0 Å². The van der Waals surface area contributed by atoms with Crippen LogP contribution in [0.5, 0.6) is 5.75 Å². The minimum Gasteiger partial charge on any atom is -0.492 e. The van der Waals surface area contributed by atoms with E-state index in [9.17, 15) is 13.2 Å². The zero-order chi connectivity index (χ0) is 14.6. The second-order valence-electron chi connectivity index (χ2n) is 4.22. The molecule has 0 fully saturated rings. The molecule has 0 saturated carbocycles. The van der Waals surface area contributed by atoms with Crippen molar-refractivity contribution in [1.82, 2.24) is 4.98 Å². The number of rotatable bonds is 4. The van der Waals surface area contributed by atoms with E-state index in [-0.39, 0.29) is 12.6 Å². The maximum Gasteiger partial charge on any atom is 0.416 e. The van der Waals surface area contributed by atoms with Crippen LogP contribution < -0.4 is 10.5 Å². The van der Waals surface area contributed by atoms with Crippen LogP contribution in [0.1, 0.15) is 17.2 Å². The highest BCUT2D eigenvalue weighted by atomic mass is 19.4. The van der Waals surface area contributed by atoms with Crippen LogP contribution in [0.3, 0.4) is 0 Å². The number of ether oxygens (including phenoxy) is 1. The number of halogens is 3. The maximum absolute atomic E-state index is 12.4. The molecule has 1 unspecified atom stereocenters. The summed E-state index contributed by atoms with van der Waals surface area (Å²) >= 11 is 0. The van der Waals surface area contributed by atoms with Crippen LogP contribution in [-0.4, -0.2) is 11.6 Å². The van der Waals surface area contributed by atoms with Gasteiger partial charge in [-0.2, -0.15) is 13.2 Å². The van der Waals surface area contributed by atoms with E-state index in [2.05, 4.69) is 4.98 Å². The molecule has 2 rings (SSSR count). The summed E-state index contributed by atoms with van der Waals surface area (Å²) in [5, 5.41) is 0. The minimum atomic E-state index is -4.34. The van der Waals surface area contributed by atoms with Gasteiger partial charge in [0.2, 0.25) is 0 Å². The van der Waals surface area contributed by atoms with Gasteiger partial charge >= 0.3 is 6.18 Å². The Morgan fingerprint density at radius 1 is 1.05 bits per heavy atom. The molecular formula is C14H13F3N2O. The molecule has 1 aromatic heterocycles. The Morgan fingerprint density at radius 2 is 1.65 bits per heavy atom. The van der Waals surface area contributed by atoms with Crippen molar-refractivity contribution < 1.29 is 17.9 Å². The van der Waals surface area contributed by atoms with Crippen molar-refractivity contribution in [3.05, 3.63) is 59.9 Å². The Bertz CT molecular complexity index is 541. The SMILES string of the molecule is NC(COc1ccc(C(F)(F)F)cc1)c1ccncc1. The molecule has 0 aliphatic heterocycles. The smallest absolute Gasteiger partial charge is 0.416 e. The van der Waals surface area contributed by atoms with Gasteiger partial charge in [0.15, 0.2) is 0 Å². The monoisotopic (exact) mass is 282 g/mol. The highest BCUT2D eigenvalue weighted by Crippen LogP contribution is 2.30. The third-order valence-electron chi connectivity index (χ3n) is 2.75. The van der Waals surface area contributed by atoms with Gasteiger partial charge in [0.1, 0.15) is 12.4 Å². The molecule has 0 radical (unpaired) electrons. The Balaban J connectivity index is 1.94. The lowest BCUT2D eigenvalue weighted by Gasteiger charge is -2.14. The molecule has 1 aromatic carbocycles. The number of alkyl halides is 3. The van der Waals surface area contributed by atoms with E-state index in [0.717, 1.165) is 17.7 Å². The van der Waals surface area contributed by atoms with Gasteiger partial charge in [0.05, 0.1) is 11.6 Å². The average Bonchev–Trinajstić information content (AvgIpc) is 2.45. The predicted molar refractivity (Wildman–Crippen MR) is 68.1 cm³/mol. The van der Waals surface area contributed by atoms with Crippen LogP contribution in [0.2, 0.25) is 0 Å². The van der Waals surface area contributed by atoms with Crippen molar-refractivity contribution in [3.8, 4) is 5.75 Å². The number of nitrogens with zero attached hydrogens (tertiary/aromatic N) is 1. The molecule has 0 bridgehead atoms. The van der Waals surface area contributed by atoms with Crippen LogP contribution in [-0.2, 0) is 6.18 Å². The number of pyridine rings is 1. The fraction of sp³-hybridized carbons (Fsp3) is 0.214. The second-order valence-corrected chi connectivity index (χ2v) is 4.22. The van der Waals surface area contributed by atoms with Gasteiger partial charge in [-0.25, -0.2) is 0 Å². The highest BCUT2D eigenvalue weighted by molar-refractivity contribution is 5.29.